The Bertz CT molecular complexity index is 635. The first-order valence-electron chi connectivity index (χ1n) is 6.63. The van der Waals surface area contributed by atoms with Crippen LogP contribution in [0, 0.1) is 0 Å². The van der Waals surface area contributed by atoms with E-state index in [4.69, 9.17) is 17.3 Å². The van der Waals surface area contributed by atoms with Gasteiger partial charge in [-0.1, -0.05) is 48.0 Å². The molecule has 0 radical (unpaired) electrons. The van der Waals surface area contributed by atoms with Crippen molar-refractivity contribution in [2.75, 3.05) is 0 Å². The van der Waals surface area contributed by atoms with Crippen LogP contribution in [-0.2, 0) is 12.6 Å². The predicted octanol–water partition coefficient (Wildman–Crippen LogP) is 4.38. The molecule has 0 aliphatic heterocycles. The standard InChI is InChI=1S/C16H15ClF3NO.ClH/c17-11-6-7-12(13(9-11)16(18,19)20)15(21)14(22)8-10-4-2-1-3-5-10;/h1-7,9,14-15,22H,8,21H2;1H/t14-,15+;/m1./s1. The number of benzene rings is 2. The van der Waals surface area contributed by atoms with E-state index in [-0.39, 0.29) is 29.4 Å². The second-order valence-corrected chi connectivity index (χ2v) is 5.45. The molecule has 0 unspecified atom stereocenters. The van der Waals surface area contributed by atoms with Gasteiger partial charge in [0.15, 0.2) is 0 Å². The lowest BCUT2D eigenvalue weighted by Crippen LogP contribution is -2.30. The van der Waals surface area contributed by atoms with E-state index in [2.05, 4.69) is 0 Å². The topological polar surface area (TPSA) is 46.2 Å². The maximum atomic E-state index is 13.1. The molecule has 0 aliphatic carbocycles. The Labute approximate surface area is 143 Å². The third-order valence-corrected chi connectivity index (χ3v) is 3.62. The third kappa shape index (κ3) is 5.11. The number of hydrogen-bond donors (Lipinski definition) is 2. The summed E-state index contributed by atoms with van der Waals surface area (Å²) in [5.74, 6) is 0. The van der Waals surface area contributed by atoms with Gasteiger partial charge in [0.25, 0.3) is 0 Å². The Kier molecular flexibility index (Phi) is 6.89. The van der Waals surface area contributed by atoms with Crippen molar-refractivity contribution >= 4 is 24.0 Å². The van der Waals surface area contributed by atoms with Gasteiger partial charge in [0.05, 0.1) is 17.7 Å². The lowest BCUT2D eigenvalue weighted by Gasteiger charge is -2.23. The maximum Gasteiger partial charge on any atom is 0.416 e. The van der Waals surface area contributed by atoms with Crippen LogP contribution in [0.5, 0.6) is 0 Å². The summed E-state index contributed by atoms with van der Waals surface area (Å²) in [6.45, 7) is 0. The van der Waals surface area contributed by atoms with Gasteiger partial charge >= 0.3 is 6.18 Å². The summed E-state index contributed by atoms with van der Waals surface area (Å²) in [6.07, 6.45) is -5.55. The fraction of sp³-hybridized carbons (Fsp3) is 0.250. The minimum absolute atomic E-state index is 0. The molecular formula is C16H16Cl2F3NO. The first-order valence-corrected chi connectivity index (χ1v) is 7.01. The summed E-state index contributed by atoms with van der Waals surface area (Å²) in [5.41, 5.74) is 5.56. The summed E-state index contributed by atoms with van der Waals surface area (Å²) in [6, 6.07) is 11.2. The Morgan fingerprint density at radius 1 is 1.09 bits per heavy atom. The van der Waals surface area contributed by atoms with Crippen molar-refractivity contribution in [1.29, 1.82) is 0 Å². The molecule has 7 heteroatoms. The van der Waals surface area contributed by atoms with E-state index in [0.717, 1.165) is 11.6 Å². The van der Waals surface area contributed by atoms with Gasteiger partial charge in [0.1, 0.15) is 0 Å². The maximum absolute atomic E-state index is 13.1. The van der Waals surface area contributed by atoms with Gasteiger partial charge in [-0.15, -0.1) is 12.4 Å². The second kappa shape index (κ2) is 8.02. The van der Waals surface area contributed by atoms with Crippen LogP contribution in [0.3, 0.4) is 0 Å². The molecule has 2 nitrogen and oxygen atoms in total. The summed E-state index contributed by atoms with van der Waals surface area (Å²) >= 11 is 5.63. The number of rotatable bonds is 4. The first kappa shape index (κ1) is 19.8. The van der Waals surface area contributed by atoms with E-state index >= 15 is 0 Å². The van der Waals surface area contributed by atoms with Crippen LogP contribution in [0.15, 0.2) is 48.5 Å². The highest BCUT2D eigenvalue weighted by atomic mass is 35.5. The Morgan fingerprint density at radius 3 is 2.26 bits per heavy atom. The molecule has 0 spiro atoms. The minimum atomic E-state index is -4.58. The van der Waals surface area contributed by atoms with Gasteiger partial charge in [-0.05, 0) is 23.3 Å². The van der Waals surface area contributed by atoms with Crippen molar-refractivity contribution in [3.05, 3.63) is 70.2 Å². The van der Waals surface area contributed by atoms with E-state index in [1.165, 1.54) is 12.1 Å². The normalized spacial score (nSPS) is 14.0. The van der Waals surface area contributed by atoms with Crippen molar-refractivity contribution in [2.24, 2.45) is 5.73 Å². The van der Waals surface area contributed by atoms with Crippen LogP contribution in [0.1, 0.15) is 22.7 Å². The fourth-order valence-electron chi connectivity index (χ4n) is 2.25. The Hall–Kier alpha value is -1.27. The predicted molar refractivity (Wildman–Crippen MR) is 86.8 cm³/mol. The lowest BCUT2D eigenvalue weighted by molar-refractivity contribution is -0.138. The monoisotopic (exact) mass is 365 g/mol. The molecule has 126 valence electrons. The molecule has 0 aliphatic rings. The van der Waals surface area contributed by atoms with E-state index in [1.807, 2.05) is 6.07 Å². The summed E-state index contributed by atoms with van der Waals surface area (Å²) < 4.78 is 39.2. The summed E-state index contributed by atoms with van der Waals surface area (Å²) in [4.78, 5) is 0. The molecule has 3 N–H and O–H groups in total. The van der Waals surface area contributed by atoms with E-state index in [9.17, 15) is 18.3 Å². The average molecular weight is 366 g/mol. The van der Waals surface area contributed by atoms with Crippen LogP contribution < -0.4 is 5.73 Å². The number of hydrogen-bond acceptors (Lipinski definition) is 2. The molecule has 23 heavy (non-hydrogen) atoms. The van der Waals surface area contributed by atoms with Crippen LogP contribution >= 0.6 is 24.0 Å². The highest BCUT2D eigenvalue weighted by Gasteiger charge is 2.36. The molecular weight excluding hydrogens is 350 g/mol. The molecule has 0 aromatic heterocycles. The van der Waals surface area contributed by atoms with Crippen molar-refractivity contribution in [1.82, 2.24) is 0 Å². The SMILES string of the molecule is Cl.N[C@@H](c1ccc(Cl)cc1C(F)(F)F)[C@H](O)Cc1ccccc1. The molecule has 2 atom stereocenters. The molecule has 0 saturated carbocycles. The zero-order valence-electron chi connectivity index (χ0n) is 11.9. The minimum Gasteiger partial charge on any atom is -0.391 e. The lowest BCUT2D eigenvalue weighted by atomic mass is 9.93. The summed E-state index contributed by atoms with van der Waals surface area (Å²) in [7, 11) is 0. The van der Waals surface area contributed by atoms with Crippen molar-refractivity contribution in [3.8, 4) is 0 Å². The van der Waals surface area contributed by atoms with Gasteiger partial charge < -0.3 is 10.8 Å². The quantitative estimate of drug-likeness (QED) is 0.844. The molecule has 0 heterocycles. The summed E-state index contributed by atoms with van der Waals surface area (Å²) in [5, 5.41) is 10.1. The van der Waals surface area contributed by atoms with Crippen LogP contribution in [0.2, 0.25) is 5.02 Å². The zero-order chi connectivity index (χ0) is 16.3. The van der Waals surface area contributed by atoms with Gasteiger partial charge in [0.2, 0.25) is 0 Å². The first-order chi connectivity index (χ1) is 10.3. The molecule has 2 aromatic carbocycles. The highest BCUT2D eigenvalue weighted by Crippen LogP contribution is 2.36. The molecule has 2 aromatic rings. The largest absolute Gasteiger partial charge is 0.416 e. The zero-order valence-corrected chi connectivity index (χ0v) is 13.5. The Morgan fingerprint density at radius 2 is 1.70 bits per heavy atom. The van der Waals surface area contributed by atoms with Crippen molar-refractivity contribution in [2.45, 2.75) is 24.7 Å². The molecule has 0 amide bonds. The Balaban J connectivity index is 0.00000264. The van der Waals surface area contributed by atoms with E-state index in [1.54, 1.807) is 24.3 Å². The van der Waals surface area contributed by atoms with E-state index in [0.29, 0.717) is 0 Å². The number of nitrogens with two attached hydrogens (primary N) is 1. The smallest absolute Gasteiger partial charge is 0.391 e. The molecule has 0 fully saturated rings. The third-order valence-electron chi connectivity index (χ3n) is 3.38. The fourth-order valence-corrected chi connectivity index (χ4v) is 2.43. The molecule has 0 saturated heterocycles. The van der Waals surface area contributed by atoms with Gasteiger partial charge in [-0.2, -0.15) is 13.2 Å². The van der Waals surface area contributed by atoms with Crippen LogP contribution in [0.4, 0.5) is 13.2 Å². The average Bonchev–Trinajstić information content (AvgIpc) is 2.46. The second-order valence-electron chi connectivity index (χ2n) is 5.01. The van der Waals surface area contributed by atoms with Gasteiger partial charge in [-0.3, -0.25) is 0 Å². The van der Waals surface area contributed by atoms with Crippen molar-refractivity contribution < 1.29 is 18.3 Å². The van der Waals surface area contributed by atoms with E-state index < -0.39 is 23.9 Å². The molecule has 2 rings (SSSR count). The number of alkyl halides is 3. The van der Waals surface area contributed by atoms with Crippen molar-refractivity contribution in [3.63, 3.8) is 0 Å². The highest BCUT2D eigenvalue weighted by molar-refractivity contribution is 6.30. The number of aliphatic hydroxyl groups is 1. The molecule has 0 bridgehead atoms. The number of halogens is 5. The van der Waals surface area contributed by atoms with Crippen LogP contribution in [0.25, 0.3) is 0 Å². The van der Waals surface area contributed by atoms with Crippen LogP contribution in [-0.4, -0.2) is 11.2 Å². The number of aliphatic hydroxyl groups excluding tert-OH is 1. The van der Waals surface area contributed by atoms with Gasteiger partial charge in [-0.25, -0.2) is 0 Å². The van der Waals surface area contributed by atoms with Gasteiger partial charge in [0, 0.05) is 11.4 Å².